The number of anilines is 6. The minimum Gasteiger partial charge on any atom is -0.310 e. The second-order valence-corrected chi connectivity index (χ2v) is 15.6. The van der Waals surface area contributed by atoms with Gasteiger partial charge in [-0.05, 0) is 126 Å². The number of thiophene rings is 1. The third kappa shape index (κ3) is 8.53. The third-order valence-corrected chi connectivity index (χ3v) is 11.8. The first-order chi connectivity index (χ1) is 28.7. The lowest BCUT2D eigenvalue weighted by molar-refractivity contribution is 1.01. The molecule has 2 nitrogen and oxygen atoms in total. The van der Waals surface area contributed by atoms with E-state index in [4.69, 9.17) is 0 Å². The van der Waals surface area contributed by atoms with Gasteiger partial charge in [0.25, 0.3) is 0 Å². The highest BCUT2D eigenvalue weighted by molar-refractivity contribution is 7.20. The second kappa shape index (κ2) is 18.1. The largest absolute Gasteiger partial charge is 0.310 e. The molecule has 0 atom stereocenters. The van der Waals surface area contributed by atoms with E-state index < -0.39 is 0 Å². The molecule has 8 aromatic carbocycles. The van der Waals surface area contributed by atoms with Gasteiger partial charge < -0.3 is 9.80 Å². The van der Waals surface area contributed by atoms with Crippen molar-refractivity contribution in [2.24, 2.45) is 0 Å². The zero-order valence-electron chi connectivity index (χ0n) is 32.6. The Hall–Kier alpha value is -6.94. The SMILES string of the molecule is C.C1=Cc2sc3c(N(c4ccccc4)c4cccc(N(c5ccccc5)c5cc(-c6ccccc6)cc(-c6ccccc6)c5)c4)cccc3c2CC1.Cc1ccccc1. The predicted molar refractivity (Wildman–Crippen MR) is 257 cm³/mol. The Morgan fingerprint density at radius 2 is 0.915 bits per heavy atom. The molecule has 0 amide bonds. The summed E-state index contributed by atoms with van der Waals surface area (Å²) < 4.78 is 1.33. The molecule has 0 N–H and O–H groups in total. The van der Waals surface area contributed by atoms with E-state index in [0.717, 1.165) is 41.3 Å². The summed E-state index contributed by atoms with van der Waals surface area (Å²) in [5.74, 6) is 0. The fourth-order valence-electron chi connectivity index (χ4n) is 7.83. The molecule has 0 aliphatic heterocycles. The van der Waals surface area contributed by atoms with Gasteiger partial charge in [-0.25, -0.2) is 0 Å². The number of nitrogens with zero attached hydrogens (tertiary/aromatic N) is 2. The van der Waals surface area contributed by atoms with Gasteiger partial charge in [0.2, 0.25) is 0 Å². The van der Waals surface area contributed by atoms with Crippen LogP contribution in [0.1, 0.15) is 29.9 Å². The summed E-state index contributed by atoms with van der Waals surface area (Å²) in [5.41, 5.74) is 14.3. The molecule has 9 aromatic rings. The molecular formula is C56H48N2S. The van der Waals surface area contributed by atoms with Crippen LogP contribution in [0.5, 0.6) is 0 Å². The molecule has 3 heteroatoms. The van der Waals surface area contributed by atoms with E-state index in [0.29, 0.717) is 0 Å². The van der Waals surface area contributed by atoms with E-state index in [-0.39, 0.29) is 7.43 Å². The molecule has 10 rings (SSSR count). The van der Waals surface area contributed by atoms with E-state index in [2.05, 4.69) is 223 Å². The summed E-state index contributed by atoms with van der Waals surface area (Å²) in [6.45, 7) is 2.08. The number of hydrogen-bond donors (Lipinski definition) is 0. The summed E-state index contributed by atoms with van der Waals surface area (Å²) in [5, 5.41) is 1.37. The van der Waals surface area contributed by atoms with Crippen LogP contribution >= 0.6 is 11.3 Å². The molecule has 0 saturated carbocycles. The van der Waals surface area contributed by atoms with Crippen LogP contribution < -0.4 is 9.80 Å². The molecule has 0 radical (unpaired) electrons. The number of hydrogen-bond acceptors (Lipinski definition) is 3. The van der Waals surface area contributed by atoms with Crippen LogP contribution in [0.3, 0.4) is 0 Å². The van der Waals surface area contributed by atoms with Crippen molar-refractivity contribution >= 4 is 61.6 Å². The monoisotopic (exact) mass is 780 g/mol. The van der Waals surface area contributed by atoms with Crippen LogP contribution in [0.15, 0.2) is 218 Å². The van der Waals surface area contributed by atoms with Crippen molar-refractivity contribution < 1.29 is 0 Å². The van der Waals surface area contributed by atoms with Crippen molar-refractivity contribution in [3.05, 3.63) is 234 Å². The number of benzene rings is 8. The van der Waals surface area contributed by atoms with Crippen LogP contribution in [0, 0.1) is 6.92 Å². The zero-order valence-corrected chi connectivity index (χ0v) is 33.4. The van der Waals surface area contributed by atoms with E-state index >= 15 is 0 Å². The van der Waals surface area contributed by atoms with Crippen LogP contribution in [0.2, 0.25) is 0 Å². The summed E-state index contributed by atoms with van der Waals surface area (Å²) in [7, 11) is 0. The number of aryl methyl sites for hydroxylation is 2. The first-order valence-corrected chi connectivity index (χ1v) is 20.8. The Balaban J connectivity index is 0.000000551. The Bertz CT molecular complexity index is 2720. The van der Waals surface area contributed by atoms with Crippen molar-refractivity contribution in [2.45, 2.75) is 27.2 Å². The van der Waals surface area contributed by atoms with Crippen LogP contribution in [0.25, 0.3) is 38.4 Å². The van der Waals surface area contributed by atoms with E-state index in [9.17, 15) is 0 Å². The predicted octanol–water partition coefficient (Wildman–Crippen LogP) is 16.8. The molecular weight excluding hydrogens is 733 g/mol. The van der Waals surface area contributed by atoms with Crippen molar-refractivity contribution in [1.82, 2.24) is 0 Å². The second-order valence-electron chi connectivity index (χ2n) is 14.6. The summed E-state index contributed by atoms with van der Waals surface area (Å²) in [6, 6.07) is 75.9. The number of rotatable bonds is 8. The molecule has 1 aliphatic carbocycles. The standard InChI is InChI=1S/C48H36N2S.C7H8.CH4/c1-5-17-35(18-6-1)37-31-38(36-19-7-2-8-20-36)33-43(32-37)49(39-21-9-3-10-22-39)41-25-15-26-42(34-41)50(40-23-11-4-12-24-40)46-29-16-28-45-44-27-13-14-30-47(44)51-48(45)46;1-7-5-3-2-4-6-7;/h1-12,14-26,28-34H,13,27H2;2-6H,1H3;1H4. The van der Waals surface area contributed by atoms with Crippen LogP contribution in [0.4, 0.5) is 34.1 Å². The van der Waals surface area contributed by atoms with Gasteiger partial charge in [0.15, 0.2) is 0 Å². The average Bonchev–Trinajstić information content (AvgIpc) is 3.68. The molecule has 0 saturated heterocycles. The van der Waals surface area contributed by atoms with Gasteiger partial charge in [0, 0.05) is 33.3 Å². The maximum absolute atomic E-state index is 2.43. The lowest BCUT2D eigenvalue weighted by Gasteiger charge is -2.30. The van der Waals surface area contributed by atoms with Gasteiger partial charge in [0.1, 0.15) is 0 Å². The Kier molecular flexibility index (Phi) is 11.9. The lowest BCUT2D eigenvalue weighted by Crippen LogP contribution is -2.13. The fourth-order valence-corrected chi connectivity index (χ4v) is 9.11. The maximum Gasteiger partial charge on any atom is 0.0640 e. The molecule has 0 fully saturated rings. The third-order valence-electron chi connectivity index (χ3n) is 10.6. The minimum atomic E-state index is 0. The molecule has 59 heavy (non-hydrogen) atoms. The molecule has 1 heterocycles. The quantitative estimate of drug-likeness (QED) is 0.152. The number of fused-ring (bicyclic) bond motifs is 3. The average molecular weight is 781 g/mol. The van der Waals surface area contributed by atoms with Crippen molar-refractivity contribution in [2.75, 3.05) is 9.80 Å². The van der Waals surface area contributed by atoms with Gasteiger partial charge in [-0.1, -0.05) is 165 Å². The van der Waals surface area contributed by atoms with Gasteiger partial charge >= 0.3 is 0 Å². The summed E-state index contributed by atoms with van der Waals surface area (Å²) >= 11 is 1.91. The number of para-hydroxylation sites is 2. The molecule has 0 spiro atoms. The normalized spacial score (nSPS) is 11.5. The fraction of sp³-hybridized carbons (Fsp3) is 0.0714. The molecule has 288 valence electrons. The highest BCUT2D eigenvalue weighted by Gasteiger charge is 2.22. The van der Waals surface area contributed by atoms with Crippen molar-refractivity contribution in [3.63, 3.8) is 0 Å². The van der Waals surface area contributed by atoms with E-state index in [1.807, 2.05) is 29.5 Å². The van der Waals surface area contributed by atoms with E-state index in [1.54, 1.807) is 0 Å². The van der Waals surface area contributed by atoms with Gasteiger partial charge in [-0.15, -0.1) is 11.3 Å². The molecule has 1 aromatic heterocycles. The van der Waals surface area contributed by atoms with Crippen LogP contribution in [-0.2, 0) is 6.42 Å². The molecule has 1 aliphatic rings. The Morgan fingerprint density at radius 3 is 1.47 bits per heavy atom. The Morgan fingerprint density at radius 1 is 0.424 bits per heavy atom. The van der Waals surface area contributed by atoms with Crippen LogP contribution in [-0.4, -0.2) is 0 Å². The molecule has 0 bridgehead atoms. The first kappa shape index (κ1) is 38.9. The lowest BCUT2D eigenvalue weighted by atomic mass is 9.97. The Labute approximate surface area is 353 Å². The highest BCUT2D eigenvalue weighted by atomic mass is 32.1. The van der Waals surface area contributed by atoms with Gasteiger partial charge in [-0.2, -0.15) is 0 Å². The maximum atomic E-state index is 2.43. The molecule has 0 unspecified atom stereocenters. The summed E-state index contributed by atoms with van der Waals surface area (Å²) in [6.07, 6.45) is 6.81. The first-order valence-electron chi connectivity index (χ1n) is 20.0. The van der Waals surface area contributed by atoms with Crippen molar-refractivity contribution in [3.8, 4) is 22.3 Å². The van der Waals surface area contributed by atoms with E-state index in [1.165, 1.54) is 54.0 Å². The minimum absolute atomic E-state index is 0. The number of allylic oxidation sites excluding steroid dienone is 1. The van der Waals surface area contributed by atoms with Crippen molar-refractivity contribution in [1.29, 1.82) is 0 Å². The zero-order chi connectivity index (χ0) is 39.1. The van der Waals surface area contributed by atoms with Gasteiger partial charge in [0.05, 0.1) is 10.4 Å². The summed E-state index contributed by atoms with van der Waals surface area (Å²) in [4.78, 5) is 6.20. The topological polar surface area (TPSA) is 6.48 Å². The highest BCUT2D eigenvalue weighted by Crippen LogP contribution is 2.47. The smallest absolute Gasteiger partial charge is 0.0640 e. The van der Waals surface area contributed by atoms with Gasteiger partial charge in [-0.3, -0.25) is 0 Å².